The van der Waals surface area contributed by atoms with E-state index in [1.165, 1.54) is 11.0 Å². The van der Waals surface area contributed by atoms with E-state index < -0.39 is 61.5 Å². The van der Waals surface area contributed by atoms with Gasteiger partial charge in [-0.05, 0) is 44.5 Å². The minimum absolute atomic E-state index is 0.0000795. The third-order valence-corrected chi connectivity index (χ3v) is 9.62. The molecule has 8 nitrogen and oxygen atoms in total. The van der Waals surface area contributed by atoms with E-state index in [1.54, 1.807) is 51.1 Å². The number of carbonyl (C=O) groups excluding carboxylic acids is 2. The maximum Gasteiger partial charge on any atom is 0.417 e. The second-order valence-electron chi connectivity index (χ2n) is 10.5. The minimum Gasteiger partial charge on any atom is -0.444 e. The van der Waals surface area contributed by atoms with Gasteiger partial charge < -0.3 is 15.0 Å². The number of hydrogen-bond acceptors (Lipinski definition) is 6. The number of halogens is 4. The topological polar surface area (TPSA) is 105 Å². The SMILES string of the molecule is CC(C)(C)OC(=O)N[C@@H](Cc1ccccc1)C(=O)N=C1S[C@H]2CS(=O)(=O)C[C@@H]2N1c1ccc(Cl)c(C(F)(F)F)c1. The molecule has 0 saturated carbocycles. The van der Waals surface area contributed by atoms with Crippen LogP contribution < -0.4 is 10.2 Å². The molecule has 0 aliphatic carbocycles. The molecule has 1 N–H and O–H groups in total. The largest absolute Gasteiger partial charge is 0.444 e. The van der Waals surface area contributed by atoms with Crippen molar-refractivity contribution in [2.45, 2.75) is 56.3 Å². The zero-order valence-corrected chi connectivity index (χ0v) is 24.1. The minimum atomic E-state index is -4.76. The zero-order valence-electron chi connectivity index (χ0n) is 21.7. The van der Waals surface area contributed by atoms with Gasteiger partial charge in [0.05, 0.1) is 28.1 Å². The molecule has 2 heterocycles. The number of aliphatic imine (C=N–C) groups is 1. The summed E-state index contributed by atoms with van der Waals surface area (Å²) in [5, 5.41) is 1.51. The Morgan fingerprint density at radius 1 is 1.15 bits per heavy atom. The molecule has 2 saturated heterocycles. The maximum atomic E-state index is 13.6. The van der Waals surface area contributed by atoms with E-state index in [9.17, 15) is 31.2 Å². The van der Waals surface area contributed by atoms with Crippen molar-refractivity contribution in [2.75, 3.05) is 16.4 Å². The van der Waals surface area contributed by atoms with Crippen molar-refractivity contribution in [1.29, 1.82) is 0 Å². The van der Waals surface area contributed by atoms with E-state index in [-0.39, 0.29) is 28.8 Å². The number of rotatable bonds is 5. The summed E-state index contributed by atoms with van der Waals surface area (Å²) in [6.45, 7) is 5.01. The van der Waals surface area contributed by atoms with E-state index in [1.807, 2.05) is 0 Å². The summed E-state index contributed by atoms with van der Waals surface area (Å²) < 4.78 is 70.9. The Balaban J connectivity index is 1.71. The summed E-state index contributed by atoms with van der Waals surface area (Å²) in [5.74, 6) is -1.30. The van der Waals surface area contributed by atoms with E-state index in [0.717, 1.165) is 29.5 Å². The quantitative estimate of drug-likeness (QED) is 0.498. The number of amides is 2. The molecule has 0 aromatic heterocycles. The Bertz CT molecular complexity index is 1430. The van der Waals surface area contributed by atoms with Crippen LogP contribution >= 0.6 is 23.4 Å². The van der Waals surface area contributed by atoms with Gasteiger partial charge >= 0.3 is 12.3 Å². The van der Waals surface area contributed by atoms with Crippen LogP contribution in [0, 0.1) is 0 Å². The second kappa shape index (κ2) is 11.2. The van der Waals surface area contributed by atoms with Gasteiger partial charge in [-0.2, -0.15) is 18.2 Å². The number of nitrogens with one attached hydrogen (secondary N) is 1. The summed E-state index contributed by atoms with van der Waals surface area (Å²) in [7, 11) is -3.46. The first kappa shape index (κ1) is 30.2. The third kappa shape index (κ3) is 7.29. The molecular weight excluding hydrogens is 591 g/mol. The van der Waals surface area contributed by atoms with Crippen LogP contribution in [-0.2, 0) is 32.0 Å². The monoisotopic (exact) mass is 617 g/mol. The Morgan fingerprint density at radius 3 is 2.45 bits per heavy atom. The van der Waals surface area contributed by atoms with Crippen LogP contribution in [0.25, 0.3) is 0 Å². The van der Waals surface area contributed by atoms with Crippen LogP contribution in [0.15, 0.2) is 53.5 Å². The molecule has 3 atom stereocenters. The Kier molecular flexibility index (Phi) is 8.49. The van der Waals surface area contributed by atoms with Crippen LogP contribution in [0.4, 0.5) is 23.7 Å². The number of nitrogens with zero attached hydrogens (tertiary/aromatic N) is 2. The van der Waals surface area contributed by atoms with Gasteiger partial charge in [0, 0.05) is 17.4 Å². The van der Waals surface area contributed by atoms with Gasteiger partial charge in [0.2, 0.25) is 0 Å². The first-order valence-corrected chi connectivity index (χ1v) is 15.3. The second-order valence-corrected chi connectivity index (χ2v) is 14.2. The van der Waals surface area contributed by atoms with Crippen molar-refractivity contribution in [3.63, 3.8) is 0 Å². The molecular formula is C26H27ClF3N3O5S2. The van der Waals surface area contributed by atoms with Crippen LogP contribution in [0.5, 0.6) is 0 Å². The average molecular weight is 618 g/mol. The number of carbonyl (C=O) groups is 2. The highest BCUT2D eigenvalue weighted by Gasteiger charge is 2.50. The zero-order chi connectivity index (χ0) is 29.5. The van der Waals surface area contributed by atoms with Gasteiger partial charge in [0.15, 0.2) is 15.0 Å². The molecule has 2 amide bonds. The molecule has 0 radical (unpaired) electrons. The Hall–Kier alpha value is -2.77. The van der Waals surface area contributed by atoms with Crippen molar-refractivity contribution in [3.05, 3.63) is 64.7 Å². The van der Waals surface area contributed by atoms with Crippen molar-refractivity contribution in [3.8, 4) is 0 Å². The van der Waals surface area contributed by atoms with E-state index in [4.69, 9.17) is 16.3 Å². The number of alkyl halides is 3. The highest BCUT2D eigenvalue weighted by molar-refractivity contribution is 8.16. The molecule has 2 aliphatic heterocycles. The van der Waals surface area contributed by atoms with Crippen molar-refractivity contribution in [1.82, 2.24) is 5.32 Å². The molecule has 2 fully saturated rings. The smallest absolute Gasteiger partial charge is 0.417 e. The number of alkyl carbamates (subject to hydrolysis) is 1. The maximum absolute atomic E-state index is 13.6. The normalized spacial score (nSPS) is 22.2. The highest BCUT2D eigenvalue weighted by atomic mass is 35.5. The number of hydrogen-bond donors (Lipinski definition) is 1. The molecule has 40 heavy (non-hydrogen) atoms. The third-order valence-electron chi connectivity index (χ3n) is 6.08. The first-order chi connectivity index (χ1) is 18.5. The summed E-state index contributed by atoms with van der Waals surface area (Å²) in [5.41, 5.74) is -1.20. The fourth-order valence-corrected chi connectivity index (χ4v) is 8.56. The highest BCUT2D eigenvalue weighted by Crippen LogP contribution is 2.43. The van der Waals surface area contributed by atoms with Crippen molar-refractivity contribution in [2.24, 2.45) is 4.99 Å². The average Bonchev–Trinajstić information content (AvgIpc) is 3.28. The Labute approximate surface area is 239 Å². The number of sulfone groups is 1. The summed E-state index contributed by atoms with van der Waals surface area (Å²) in [4.78, 5) is 31.6. The fourth-order valence-electron chi connectivity index (χ4n) is 4.42. The number of amidine groups is 1. The van der Waals surface area contributed by atoms with Gasteiger partial charge in [0.25, 0.3) is 5.91 Å². The van der Waals surface area contributed by atoms with E-state index in [2.05, 4.69) is 10.3 Å². The van der Waals surface area contributed by atoms with Crippen LogP contribution in [0.2, 0.25) is 5.02 Å². The molecule has 0 unspecified atom stereocenters. The van der Waals surface area contributed by atoms with E-state index in [0.29, 0.717) is 0 Å². The summed E-state index contributed by atoms with van der Waals surface area (Å²) in [6.07, 6.45) is -5.53. The molecule has 2 aromatic carbocycles. The number of anilines is 1. The molecule has 4 rings (SSSR count). The fraction of sp³-hybridized carbons (Fsp3) is 0.423. The van der Waals surface area contributed by atoms with Crippen molar-refractivity contribution < 1.29 is 35.9 Å². The van der Waals surface area contributed by atoms with Crippen LogP contribution in [0.1, 0.15) is 31.9 Å². The lowest BCUT2D eigenvalue weighted by Gasteiger charge is -2.26. The van der Waals surface area contributed by atoms with Crippen LogP contribution in [0.3, 0.4) is 0 Å². The van der Waals surface area contributed by atoms with Gasteiger partial charge in [-0.3, -0.25) is 4.79 Å². The van der Waals surface area contributed by atoms with Gasteiger partial charge in [-0.1, -0.05) is 53.7 Å². The lowest BCUT2D eigenvalue weighted by Crippen LogP contribution is -2.45. The first-order valence-electron chi connectivity index (χ1n) is 12.2. The predicted octanol–water partition coefficient (Wildman–Crippen LogP) is 5.10. The summed E-state index contributed by atoms with van der Waals surface area (Å²) in [6, 6.07) is 10.2. The molecule has 14 heteroatoms. The van der Waals surface area contributed by atoms with E-state index >= 15 is 0 Å². The number of thioether (sulfide) groups is 1. The molecule has 216 valence electrons. The number of benzene rings is 2. The Morgan fingerprint density at radius 2 is 1.82 bits per heavy atom. The lowest BCUT2D eigenvalue weighted by molar-refractivity contribution is -0.137. The molecule has 2 aromatic rings. The standard InChI is InChI=1S/C26H27ClF3N3O5S2/c1-25(2,3)38-24(35)31-19(11-15-7-5-4-6-8-15)22(34)32-23-33(20-13-40(36,37)14-21(20)39-23)16-9-10-18(27)17(12-16)26(28,29)30/h4-10,12,19-21H,11,13-14H2,1-3H3,(H,31,35)/t19-,20-,21-/m0/s1. The van der Waals surface area contributed by atoms with Gasteiger partial charge in [-0.15, -0.1) is 0 Å². The van der Waals surface area contributed by atoms with Gasteiger partial charge in [0.1, 0.15) is 11.6 Å². The number of fused-ring (bicyclic) bond motifs is 1. The van der Waals surface area contributed by atoms with Gasteiger partial charge in [-0.25, -0.2) is 13.2 Å². The lowest BCUT2D eigenvalue weighted by atomic mass is 10.1. The number of ether oxygens (including phenoxy) is 1. The summed E-state index contributed by atoms with van der Waals surface area (Å²) >= 11 is 6.80. The molecule has 2 aliphatic rings. The predicted molar refractivity (Wildman–Crippen MR) is 148 cm³/mol. The molecule has 0 spiro atoms. The van der Waals surface area contributed by atoms with Crippen LogP contribution in [-0.4, -0.2) is 60.0 Å². The molecule has 0 bridgehead atoms. The van der Waals surface area contributed by atoms with Crippen molar-refractivity contribution >= 4 is 56.1 Å².